The minimum Gasteiger partial charge on any atom is -0.439 e. The van der Waals surface area contributed by atoms with Crippen molar-refractivity contribution in [2.75, 3.05) is 5.73 Å². The van der Waals surface area contributed by atoms with Gasteiger partial charge in [0.1, 0.15) is 11.6 Å². The van der Waals surface area contributed by atoms with Crippen LogP contribution >= 0.6 is 0 Å². The minimum absolute atomic E-state index is 0.231. The summed E-state index contributed by atoms with van der Waals surface area (Å²) in [5.41, 5.74) is 6.21. The summed E-state index contributed by atoms with van der Waals surface area (Å²) in [6.45, 7) is 1.91. The Hall–Kier alpha value is -2.31. The van der Waals surface area contributed by atoms with Gasteiger partial charge in [0.2, 0.25) is 11.7 Å². The van der Waals surface area contributed by atoms with Gasteiger partial charge in [0, 0.05) is 6.07 Å². The van der Waals surface area contributed by atoms with E-state index < -0.39 is 12.0 Å². The lowest BCUT2D eigenvalue weighted by Crippen LogP contribution is -2.13. The Morgan fingerprint density at radius 1 is 1.20 bits per heavy atom. The summed E-state index contributed by atoms with van der Waals surface area (Å²) in [7, 11) is 0. The smallest absolute Gasteiger partial charge is 0.439 e. The number of nitrogens with two attached hydrogens (primary N) is 1. The van der Waals surface area contributed by atoms with Crippen LogP contribution < -0.4 is 10.5 Å². The van der Waals surface area contributed by atoms with E-state index in [4.69, 9.17) is 10.5 Å². The number of nitrogen functional groups attached to an aromatic ring is 1. The second-order valence-corrected chi connectivity index (χ2v) is 4.02. The molecule has 0 fully saturated rings. The van der Waals surface area contributed by atoms with Crippen molar-refractivity contribution in [1.29, 1.82) is 0 Å². The quantitative estimate of drug-likeness (QED) is 0.937. The average Bonchev–Trinajstić information content (AvgIpc) is 2.37. The van der Waals surface area contributed by atoms with Crippen LogP contribution in [0.5, 0.6) is 11.6 Å². The molecular formula is C13H12F3N3O. The van der Waals surface area contributed by atoms with E-state index in [9.17, 15) is 13.2 Å². The molecule has 4 nitrogen and oxygen atoms in total. The van der Waals surface area contributed by atoms with Gasteiger partial charge in [-0.2, -0.15) is 18.2 Å². The van der Waals surface area contributed by atoms with Gasteiger partial charge in [-0.3, -0.25) is 0 Å². The lowest BCUT2D eigenvalue weighted by molar-refractivity contribution is -0.145. The van der Waals surface area contributed by atoms with Gasteiger partial charge >= 0.3 is 6.18 Å². The number of alkyl halides is 3. The van der Waals surface area contributed by atoms with E-state index >= 15 is 0 Å². The summed E-state index contributed by atoms with van der Waals surface area (Å²) in [6.07, 6.45) is -3.99. The molecule has 2 rings (SSSR count). The monoisotopic (exact) mass is 283 g/mol. The van der Waals surface area contributed by atoms with Crippen LogP contribution in [0.3, 0.4) is 0 Å². The van der Waals surface area contributed by atoms with Crippen molar-refractivity contribution in [3.63, 3.8) is 0 Å². The Kier molecular flexibility index (Phi) is 3.78. The first-order chi connectivity index (χ1) is 9.40. The summed E-state index contributed by atoms with van der Waals surface area (Å²) < 4.78 is 43.2. The molecule has 0 unspecified atom stereocenters. The van der Waals surface area contributed by atoms with E-state index in [-0.39, 0.29) is 11.7 Å². The van der Waals surface area contributed by atoms with Crippen LogP contribution in [-0.4, -0.2) is 9.97 Å². The largest absolute Gasteiger partial charge is 0.451 e. The molecular weight excluding hydrogens is 271 g/mol. The summed E-state index contributed by atoms with van der Waals surface area (Å²) in [4.78, 5) is 6.49. The predicted molar refractivity (Wildman–Crippen MR) is 67.3 cm³/mol. The highest BCUT2D eigenvalue weighted by molar-refractivity contribution is 5.39. The fraction of sp³-hybridized carbons (Fsp3) is 0.231. The lowest BCUT2D eigenvalue weighted by Gasteiger charge is -2.11. The molecule has 2 aromatic rings. The molecule has 1 aromatic heterocycles. The molecule has 1 aromatic carbocycles. The Labute approximate surface area is 113 Å². The maximum absolute atomic E-state index is 12.6. The van der Waals surface area contributed by atoms with Gasteiger partial charge in [-0.1, -0.05) is 25.1 Å². The third kappa shape index (κ3) is 3.17. The van der Waals surface area contributed by atoms with Crippen LogP contribution in [0, 0.1) is 0 Å². The number of anilines is 1. The zero-order valence-electron chi connectivity index (χ0n) is 10.6. The number of benzene rings is 1. The van der Waals surface area contributed by atoms with E-state index in [0.717, 1.165) is 11.6 Å². The van der Waals surface area contributed by atoms with E-state index in [1.165, 1.54) is 0 Å². The van der Waals surface area contributed by atoms with Crippen LogP contribution in [0.1, 0.15) is 18.3 Å². The summed E-state index contributed by atoms with van der Waals surface area (Å²) in [6, 6.07) is 8.18. The number of aryl methyl sites for hydroxylation is 1. The summed E-state index contributed by atoms with van der Waals surface area (Å²) in [5.74, 6) is -1.40. The van der Waals surface area contributed by atoms with Crippen LogP contribution in [-0.2, 0) is 12.6 Å². The van der Waals surface area contributed by atoms with Crippen molar-refractivity contribution in [2.24, 2.45) is 0 Å². The highest BCUT2D eigenvalue weighted by Gasteiger charge is 2.35. The van der Waals surface area contributed by atoms with Gasteiger partial charge in [-0.05, 0) is 18.1 Å². The van der Waals surface area contributed by atoms with Gasteiger partial charge in [0.05, 0.1) is 0 Å². The fourth-order valence-corrected chi connectivity index (χ4v) is 1.63. The maximum atomic E-state index is 12.6. The van der Waals surface area contributed by atoms with Crippen LogP contribution in [0.4, 0.5) is 19.0 Å². The molecule has 0 radical (unpaired) electrons. The first-order valence-electron chi connectivity index (χ1n) is 5.87. The zero-order valence-corrected chi connectivity index (χ0v) is 10.6. The molecule has 7 heteroatoms. The Morgan fingerprint density at radius 3 is 2.55 bits per heavy atom. The van der Waals surface area contributed by atoms with Crippen molar-refractivity contribution >= 4 is 5.82 Å². The predicted octanol–water partition coefficient (Wildman–Crippen LogP) is 3.43. The first-order valence-corrected chi connectivity index (χ1v) is 5.87. The number of hydrogen-bond acceptors (Lipinski definition) is 4. The highest BCUT2D eigenvalue weighted by atomic mass is 19.4. The van der Waals surface area contributed by atoms with Crippen molar-refractivity contribution in [3.05, 3.63) is 41.7 Å². The van der Waals surface area contributed by atoms with Gasteiger partial charge in [-0.25, -0.2) is 4.98 Å². The number of halogens is 3. The summed E-state index contributed by atoms with van der Waals surface area (Å²) in [5, 5.41) is 0. The first kappa shape index (κ1) is 14.1. The number of para-hydroxylation sites is 1. The highest BCUT2D eigenvalue weighted by Crippen LogP contribution is 2.30. The number of nitrogens with zero attached hydrogens (tertiary/aromatic N) is 2. The van der Waals surface area contributed by atoms with Gasteiger partial charge in [0.25, 0.3) is 0 Å². The molecule has 106 valence electrons. The molecule has 1 heterocycles. The van der Waals surface area contributed by atoms with Crippen LogP contribution in [0.2, 0.25) is 0 Å². The second kappa shape index (κ2) is 5.36. The molecule has 0 amide bonds. The van der Waals surface area contributed by atoms with Crippen molar-refractivity contribution in [2.45, 2.75) is 19.5 Å². The van der Waals surface area contributed by atoms with Crippen molar-refractivity contribution < 1.29 is 17.9 Å². The molecule has 0 saturated carbocycles. The molecule has 0 aliphatic heterocycles. The molecule has 20 heavy (non-hydrogen) atoms. The number of hydrogen-bond donors (Lipinski definition) is 1. The SMILES string of the molecule is CCc1ccccc1Oc1cc(N)nc(C(F)(F)F)n1. The molecule has 0 spiro atoms. The Balaban J connectivity index is 2.36. The molecule has 0 aliphatic rings. The second-order valence-electron chi connectivity index (χ2n) is 4.02. The van der Waals surface area contributed by atoms with Gasteiger partial charge in [0.15, 0.2) is 0 Å². The van der Waals surface area contributed by atoms with Crippen molar-refractivity contribution in [3.8, 4) is 11.6 Å². The van der Waals surface area contributed by atoms with Crippen LogP contribution in [0.25, 0.3) is 0 Å². The normalized spacial score (nSPS) is 11.4. The maximum Gasteiger partial charge on any atom is 0.451 e. The van der Waals surface area contributed by atoms with E-state index in [1.54, 1.807) is 12.1 Å². The van der Waals surface area contributed by atoms with Gasteiger partial charge in [-0.15, -0.1) is 0 Å². The fourth-order valence-electron chi connectivity index (χ4n) is 1.63. The average molecular weight is 283 g/mol. The standard InChI is InChI=1S/C13H12F3N3O/c1-2-8-5-3-4-6-9(8)20-11-7-10(17)18-12(19-11)13(14,15)16/h3-7H,2H2,1H3,(H2,17,18,19). The lowest BCUT2D eigenvalue weighted by atomic mass is 10.1. The minimum atomic E-state index is -4.67. The Morgan fingerprint density at radius 2 is 1.90 bits per heavy atom. The topological polar surface area (TPSA) is 61.0 Å². The number of rotatable bonds is 3. The molecule has 0 bridgehead atoms. The van der Waals surface area contributed by atoms with Crippen molar-refractivity contribution in [1.82, 2.24) is 9.97 Å². The number of aromatic nitrogens is 2. The van der Waals surface area contributed by atoms with Gasteiger partial charge < -0.3 is 10.5 Å². The van der Waals surface area contributed by atoms with E-state index in [2.05, 4.69) is 9.97 Å². The number of ether oxygens (including phenoxy) is 1. The summed E-state index contributed by atoms with van der Waals surface area (Å²) >= 11 is 0. The molecule has 0 aliphatic carbocycles. The molecule has 0 saturated heterocycles. The van der Waals surface area contributed by atoms with Crippen LogP contribution in [0.15, 0.2) is 30.3 Å². The third-order valence-electron chi connectivity index (χ3n) is 2.54. The zero-order chi connectivity index (χ0) is 14.8. The van der Waals surface area contributed by atoms with E-state index in [0.29, 0.717) is 12.2 Å². The molecule has 0 atom stereocenters. The molecule has 2 N–H and O–H groups in total. The Bertz CT molecular complexity index is 614. The van der Waals surface area contributed by atoms with E-state index in [1.807, 2.05) is 19.1 Å². The third-order valence-corrected chi connectivity index (χ3v) is 2.54.